The van der Waals surface area contributed by atoms with E-state index in [1.165, 1.54) is 38.5 Å². The highest BCUT2D eigenvalue weighted by molar-refractivity contribution is 5.79. The molecule has 0 radical (unpaired) electrons. The summed E-state index contributed by atoms with van der Waals surface area (Å²) in [6.45, 7) is 0.916. The monoisotopic (exact) mass is 236 g/mol. The van der Waals surface area contributed by atoms with Crippen molar-refractivity contribution in [1.29, 1.82) is 0 Å². The van der Waals surface area contributed by atoms with Gasteiger partial charge in [0.15, 0.2) is 0 Å². The molecule has 3 aliphatic rings. The van der Waals surface area contributed by atoms with E-state index in [-0.39, 0.29) is 17.9 Å². The van der Waals surface area contributed by atoms with E-state index >= 15 is 0 Å². The second-order valence-corrected chi connectivity index (χ2v) is 6.41. The zero-order valence-corrected chi connectivity index (χ0v) is 10.6. The Hall–Kier alpha value is -0.570. The number of carbonyl (C=O) groups excluding carboxylic acids is 1. The van der Waals surface area contributed by atoms with Crippen LogP contribution in [0.5, 0.6) is 0 Å². The molecule has 0 aliphatic heterocycles. The molecule has 3 rings (SSSR count). The molecule has 0 bridgehead atoms. The topological polar surface area (TPSA) is 55.1 Å². The van der Waals surface area contributed by atoms with E-state index in [9.17, 15) is 4.79 Å². The summed E-state index contributed by atoms with van der Waals surface area (Å²) >= 11 is 0. The van der Waals surface area contributed by atoms with Crippen LogP contribution in [0.4, 0.5) is 0 Å². The first-order valence-electron chi connectivity index (χ1n) is 7.25. The summed E-state index contributed by atoms with van der Waals surface area (Å²) < 4.78 is 0. The van der Waals surface area contributed by atoms with Crippen molar-refractivity contribution in [2.75, 3.05) is 6.54 Å². The van der Waals surface area contributed by atoms with Crippen molar-refractivity contribution in [1.82, 2.24) is 5.32 Å². The maximum absolute atomic E-state index is 12.1. The summed E-state index contributed by atoms with van der Waals surface area (Å²) in [5.41, 5.74) is 6.55. The van der Waals surface area contributed by atoms with Crippen LogP contribution < -0.4 is 11.1 Å². The SMILES string of the molecule is NC1CCCCC1C(=O)NCC1(C2CC2)CC1. The van der Waals surface area contributed by atoms with Gasteiger partial charge in [0.2, 0.25) is 5.91 Å². The Labute approximate surface area is 104 Å². The Morgan fingerprint density at radius 3 is 2.47 bits per heavy atom. The first-order chi connectivity index (χ1) is 8.21. The van der Waals surface area contributed by atoms with Gasteiger partial charge in [0.1, 0.15) is 0 Å². The maximum atomic E-state index is 12.1. The van der Waals surface area contributed by atoms with E-state index in [4.69, 9.17) is 5.73 Å². The zero-order valence-electron chi connectivity index (χ0n) is 10.6. The van der Waals surface area contributed by atoms with E-state index < -0.39 is 0 Å². The van der Waals surface area contributed by atoms with Crippen LogP contribution in [0.1, 0.15) is 51.4 Å². The Balaban J connectivity index is 1.49. The van der Waals surface area contributed by atoms with Crippen LogP contribution in [0.3, 0.4) is 0 Å². The fourth-order valence-electron chi connectivity index (χ4n) is 3.46. The number of hydrogen-bond acceptors (Lipinski definition) is 2. The lowest BCUT2D eigenvalue weighted by Crippen LogP contribution is -2.45. The predicted molar refractivity (Wildman–Crippen MR) is 67.3 cm³/mol. The Kier molecular flexibility index (Phi) is 2.89. The molecular formula is C14H24N2O. The van der Waals surface area contributed by atoms with Gasteiger partial charge in [-0.15, -0.1) is 0 Å². The normalized spacial score (nSPS) is 35.4. The van der Waals surface area contributed by atoms with Gasteiger partial charge in [-0.05, 0) is 49.9 Å². The molecule has 1 amide bonds. The van der Waals surface area contributed by atoms with Crippen LogP contribution in [0.25, 0.3) is 0 Å². The van der Waals surface area contributed by atoms with Crippen LogP contribution in [-0.4, -0.2) is 18.5 Å². The smallest absolute Gasteiger partial charge is 0.224 e. The van der Waals surface area contributed by atoms with Crippen molar-refractivity contribution in [3.63, 3.8) is 0 Å². The minimum atomic E-state index is 0.0822. The number of amides is 1. The molecule has 3 saturated carbocycles. The predicted octanol–water partition coefficient (Wildman–Crippen LogP) is 1.81. The fourth-order valence-corrected chi connectivity index (χ4v) is 3.46. The van der Waals surface area contributed by atoms with Crippen LogP contribution in [0, 0.1) is 17.3 Å². The first-order valence-corrected chi connectivity index (χ1v) is 7.25. The van der Waals surface area contributed by atoms with Crippen LogP contribution in [0.15, 0.2) is 0 Å². The van der Waals surface area contributed by atoms with Crippen molar-refractivity contribution in [2.24, 2.45) is 23.0 Å². The zero-order chi connectivity index (χ0) is 11.9. The van der Waals surface area contributed by atoms with Crippen molar-refractivity contribution in [3.8, 4) is 0 Å². The molecule has 17 heavy (non-hydrogen) atoms. The van der Waals surface area contributed by atoms with E-state index in [0.717, 1.165) is 25.3 Å². The van der Waals surface area contributed by atoms with Gasteiger partial charge in [0.25, 0.3) is 0 Å². The third kappa shape index (κ3) is 2.35. The quantitative estimate of drug-likeness (QED) is 0.782. The van der Waals surface area contributed by atoms with Crippen LogP contribution in [-0.2, 0) is 4.79 Å². The van der Waals surface area contributed by atoms with Crippen LogP contribution >= 0.6 is 0 Å². The molecule has 3 heteroatoms. The minimum absolute atomic E-state index is 0.0822. The van der Waals surface area contributed by atoms with Crippen molar-refractivity contribution < 1.29 is 4.79 Å². The molecule has 3 nitrogen and oxygen atoms in total. The number of nitrogens with one attached hydrogen (secondary N) is 1. The molecular weight excluding hydrogens is 212 g/mol. The van der Waals surface area contributed by atoms with E-state index in [1.54, 1.807) is 0 Å². The second kappa shape index (κ2) is 4.27. The molecule has 0 aromatic heterocycles. The summed E-state index contributed by atoms with van der Waals surface area (Å²) in [5.74, 6) is 1.23. The minimum Gasteiger partial charge on any atom is -0.355 e. The average molecular weight is 236 g/mol. The van der Waals surface area contributed by atoms with Gasteiger partial charge >= 0.3 is 0 Å². The van der Waals surface area contributed by atoms with E-state index in [2.05, 4.69) is 5.32 Å². The van der Waals surface area contributed by atoms with Gasteiger partial charge in [-0.3, -0.25) is 4.79 Å². The van der Waals surface area contributed by atoms with Gasteiger partial charge < -0.3 is 11.1 Å². The molecule has 3 fully saturated rings. The third-order valence-electron chi connectivity index (χ3n) is 5.11. The molecule has 0 saturated heterocycles. The van der Waals surface area contributed by atoms with Gasteiger partial charge in [0, 0.05) is 12.6 Å². The van der Waals surface area contributed by atoms with Crippen molar-refractivity contribution >= 4 is 5.91 Å². The van der Waals surface area contributed by atoms with Gasteiger partial charge in [-0.25, -0.2) is 0 Å². The molecule has 0 aromatic carbocycles. The molecule has 0 spiro atoms. The summed E-state index contributed by atoms with van der Waals surface area (Å²) in [6, 6.07) is 0.0971. The highest BCUT2D eigenvalue weighted by Crippen LogP contribution is 2.60. The molecule has 2 unspecified atom stereocenters. The number of rotatable bonds is 4. The number of hydrogen-bond donors (Lipinski definition) is 2. The standard InChI is InChI=1S/C14H24N2O/c15-12-4-2-1-3-11(12)13(17)16-9-14(7-8-14)10-5-6-10/h10-12H,1-9,15H2,(H,16,17). The first kappa shape index (κ1) is 11.5. The molecule has 0 aromatic rings. The Morgan fingerprint density at radius 1 is 1.18 bits per heavy atom. The lowest BCUT2D eigenvalue weighted by Gasteiger charge is -2.28. The van der Waals surface area contributed by atoms with Gasteiger partial charge in [-0.2, -0.15) is 0 Å². The Bertz CT molecular complexity index is 307. The highest BCUT2D eigenvalue weighted by Gasteiger charge is 2.53. The summed E-state index contributed by atoms with van der Waals surface area (Å²) in [4.78, 5) is 12.1. The van der Waals surface area contributed by atoms with E-state index in [1.807, 2.05) is 0 Å². The lowest BCUT2D eigenvalue weighted by atomic mass is 9.84. The number of carbonyl (C=O) groups is 1. The molecule has 3 N–H and O–H groups in total. The van der Waals surface area contributed by atoms with Gasteiger partial charge in [0.05, 0.1) is 5.92 Å². The number of nitrogens with two attached hydrogens (primary N) is 1. The highest BCUT2D eigenvalue weighted by atomic mass is 16.1. The lowest BCUT2D eigenvalue weighted by molar-refractivity contribution is -0.126. The summed E-state index contributed by atoms with van der Waals surface area (Å²) in [7, 11) is 0. The second-order valence-electron chi connectivity index (χ2n) is 6.41. The average Bonchev–Trinajstić information content (AvgIpc) is 3.17. The maximum Gasteiger partial charge on any atom is 0.224 e. The molecule has 2 atom stereocenters. The van der Waals surface area contributed by atoms with Crippen molar-refractivity contribution in [2.45, 2.75) is 57.4 Å². The van der Waals surface area contributed by atoms with E-state index in [0.29, 0.717) is 5.41 Å². The Morgan fingerprint density at radius 2 is 1.88 bits per heavy atom. The largest absolute Gasteiger partial charge is 0.355 e. The molecule has 0 heterocycles. The van der Waals surface area contributed by atoms with Gasteiger partial charge in [-0.1, -0.05) is 12.8 Å². The molecule has 96 valence electrons. The summed E-state index contributed by atoms with van der Waals surface area (Å²) in [5, 5.41) is 3.19. The fraction of sp³-hybridized carbons (Fsp3) is 0.929. The third-order valence-corrected chi connectivity index (χ3v) is 5.11. The summed E-state index contributed by atoms with van der Waals surface area (Å²) in [6.07, 6.45) is 9.80. The molecule has 3 aliphatic carbocycles. The van der Waals surface area contributed by atoms with Crippen LogP contribution in [0.2, 0.25) is 0 Å². The van der Waals surface area contributed by atoms with Crippen molar-refractivity contribution in [3.05, 3.63) is 0 Å².